The molecule has 0 aromatic carbocycles. The van der Waals surface area contributed by atoms with Gasteiger partial charge in [0.25, 0.3) is 0 Å². The Kier molecular flexibility index (Phi) is 7.33. The fourth-order valence-corrected chi connectivity index (χ4v) is 3.02. The number of methoxy groups -OCH3 is 1. The molecule has 0 bridgehead atoms. The minimum absolute atomic E-state index is 0.417. The van der Waals surface area contributed by atoms with Crippen LogP contribution in [-0.2, 0) is 4.74 Å². The van der Waals surface area contributed by atoms with Crippen LogP contribution in [0.15, 0.2) is 0 Å². The summed E-state index contributed by atoms with van der Waals surface area (Å²) in [4.78, 5) is 2.62. The maximum Gasteiger partial charge on any atom is 0.0698 e. The Morgan fingerprint density at radius 3 is 2.53 bits per heavy atom. The third-order valence-electron chi connectivity index (χ3n) is 4.74. The van der Waals surface area contributed by atoms with Gasteiger partial charge in [0.1, 0.15) is 0 Å². The van der Waals surface area contributed by atoms with Crippen molar-refractivity contribution < 1.29 is 4.74 Å². The summed E-state index contributed by atoms with van der Waals surface area (Å²) in [5.74, 6) is 0. The monoisotopic (exact) mass is 270 g/mol. The Morgan fingerprint density at radius 1 is 1.32 bits per heavy atom. The lowest BCUT2D eigenvalue weighted by molar-refractivity contribution is 0.0119. The number of likely N-dealkylation sites (tertiary alicyclic amines) is 1. The summed E-state index contributed by atoms with van der Waals surface area (Å²) >= 11 is 0. The number of hydrogen-bond donors (Lipinski definition) is 1. The van der Waals surface area contributed by atoms with Gasteiger partial charge in [-0.1, -0.05) is 27.7 Å². The van der Waals surface area contributed by atoms with Crippen molar-refractivity contribution in [3.8, 4) is 0 Å². The Balaban J connectivity index is 2.56. The van der Waals surface area contributed by atoms with Crippen molar-refractivity contribution in [3.05, 3.63) is 0 Å². The molecule has 19 heavy (non-hydrogen) atoms. The third-order valence-corrected chi connectivity index (χ3v) is 4.74. The van der Waals surface area contributed by atoms with E-state index >= 15 is 0 Å². The average Bonchev–Trinajstić information content (AvgIpc) is 2.43. The Morgan fingerprint density at radius 2 is 2.00 bits per heavy atom. The largest absolute Gasteiger partial charge is 0.380 e. The molecule has 1 aliphatic rings. The van der Waals surface area contributed by atoms with Crippen molar-refractivity contribution in [1.29, 1.82) is 0 Å². The van der Waals surface area contributed by atoms with Gasteiger partial charge in [-0.25, -0.2) is 0 Å². The molecular formula is C16H34N2O. The van der Waals surface area contributed by atoms with Crippen LogP contribution in [0, 0.1) is 5.41 Å². The Hall–Kier alpha value is -0.120. The van der Waals surface area contributed by atoms with Crippen LogP contribution in [0.5, 0.6) is 0 Å². The Bertz CT molecular complexity index is 239. The van der Waals surface area contributed by atoms with E-state index in [9.17, 15) is 0 Å². The normalized spacial score (nSPS) is 22.1. The van der Waals surface area contributed by atoms with E-state index in [4.69, 9.17) is 4.74 Å². The van der Waals surface area contributed by atoms with Crippen LogP contribution >= 0.6 is 0 Å². The molecule has 1 aliphatic heterocycles. The molecule has 1 heterocycles. The van der Waals surface area contributed by atoms with E-state index < -0.39 is 0 Å². The molecule has 1 N–H and O–H groups in total. The van der Waals surface area contributed by atoms with Crippen LogP contribution in [0.4, 0.5) is 0 Å². The van der Waals surface area contributed by atoms with Crippen LogP contribution < -0.4 is 5.32 Å². The van der Waals surface area contributed by atoms with Gasteiger partial charge >= 0.3 is 0 Å². The predicted molar refractivity (Wildman–Crippen MR) is 82.6 cm³/mol. The van der Waals surface area contributed by atoms with Gasteiger partial charge in [0, 0.05) is 32.8 Å². The summed E-state index contributed by atoms with van der Waals surface area (Å²) in [6, 6.07) is 0.575. The van der Waals surface area contributed by atoms with E-state index in [1.54, 1.807) is 0 Å². The van der Waals surface area contributed by atoms with E-state index in [1.807, 2.05) is 7.11 Å². The standard InChI is InChI=1S/C16H34N2O/c1-6-16(7-2,12-17-14(3)4)13-18-10-8-9-15(11-18)19-5/h14-15,17H,6-13H2,1-5H3. The molecular weight excluding hydrogens is 236 g/mol. The molecule has 0 spiro atoms. The van der Waals surface area contributed by atoms with E-state index in [1.165, 1.54) is 38.8 Å². The minimum Gasteiger partial charge on any atom is -0.380 e. The van der Waals surface area contributed by atoms with Gasteiger partial charge in [-0.2, -0.15) is 0 Å². The van der Waals surface area contributed by atoms with Crippen LogP contribution in [-0.4, -0.2) is 50.3 Å². The summed E-state index contributed by atoms with van der Waals surface area (Å²) in [6.45, 7) is 13.8. The first kappa shape index (κ1) is 16.9. The van der Waals surface area contributed by atoms with Crippen molar-refractivity contribution in [2.45, 2.75) is 65.5 Å². The van der Waals surface area contributed by atoms with E-state index in [0.717, 1.165) is 13.1 Å². The molecule has 1 unspecified atom stereocenters. The number of piperidine rings is 1. The second-order valence-electron chi connectivity index (χ2n) is 6.48. The van der Waals surface area contributed by atoms with Gasteiger partial charge in [-0.15, -0.1) is 0 Å². The molecule has 0 aromatic rings. The van der Waals surface area contributed by atoms with E-state index in [0.29, 0.717) is 17.6 Å². The first-order chi connectivity index (χ1) is 9.05. The highest BCUT2D eigenvalue weighted by molar-refractivity contribution is 4.86. The highest BCUT2D eigenvalue weighted by Gasteiger charge is 2.31. The van der Waals surface area contributed by atoms with Crippen molar-refractivity contribution in [2.75, 3.05) is 33.3 Å². The molecule has 0 aromatic heterocycles. The molecule has 1 atom stereocenters. The summed E-state index contributed by atoms with van der Waals surface area (Å²) in [6.07, 6.45) is 5.44. The van der Waals surface area contributed by atoms with E-state index in [2.05, 4.69) is 37.9 Å². The highest BCUT2D eigenvalue weighted by Crippen LogP contribution is 2.28. The van der Waals surface area contributed by atoms with Gasteiger partial charge in [0.2, 0.25) is 0 Å². The second-order valence-corrected chi connectivity index (χ2v) is 6.48. The van der Waals surface area contributed by atoms with Crippen molar-refractivity contribution >= 4 is 0 Å². The molecule has 0 amide bonds. The number of nitrogens with one attached hydrogen (secondary N) is 1. The summed E-state index contributed by atoms with van der Waals surface area (Å²) < 4.78 is 5.54. The first-order valence-corrected chi connectivity index (χ1v) is 8.03. The lowest BCUT2D eigenvalue weighted by Gasteiger charge is -2.41. The molecule has 114 valence electrons. The lowest BCUT2D eigenvalue weighted by atomic mass is 9.81. The van der Waals surface area contributed by atoms with Crippen molar-refractivity contribution in [3.63, 3.8) is 0 Å². The van der Waals surface area contributed by atoms with Gasteiger partial charge in [0.05, 0.1) is 6.10 Å². The Labute approximate surface area is 120 Å². The number of nitrogens with zero attached hydrogens (tertiary/aromatic N) is 1. The zero-order chi connectivity index (χ0) is 14.3. The molecule has 3 nitrogen and oxygen atoms in total. The lowest BCUT2D eigenvalue weighted by Crippen LogP contribution is -2.49. The highest BCUT2D eigenvalue weighted by atomic mass is 16.5. The SMILES string of the molecule is CCC(CC)(CNC(C)C)CN1CCCC(OC)C1. The first-order valence-electron chi connectivity index (χ1n) is 8.03. The number of ether oxygens (including phenoxy) is 1. The smallest absolute Gasteiger partial charge is 0.0698 e. The number of hydrogen-bond acceptors (Lipinski definition) is 3. The fraction of sp³-hybridized carbons (Fsp3) is 1.00. The zero-order valence-electron chi connectivity index (χ0n) is 13.7. The maximum atomic E-state index is 5.54. The average molecular weight is 270 g/mol. The molecule has 0 aliphatic carbocycles. The van der Waals surface area contributed by atoms with Gasteiger partial charge < -0.3 is 15.0 Å². The minimum atomic E-state index is 0.417. The van der Waals surface area contributed by atoms with E-state index in [-0.39, 0.29) is 0 Å². The van der Waals surface area contributed by atoms with Crippen LogP contribution in [0.1, 0.15) is 53.4 Å². The molecule has 0 saturated carbocycles. The molecule has 3 heteroatoms. The summed E-state index contributed by atoms with van der Waals surface area (Å²) in [5.41, 5.74) is 0.417. The molecule has 1 rings (SSSR count). The summed E-state index contributed by atoms with van der Waals surface area (Å²) in [5, 5.41) is 3.65. The quantitative estimate of drug-likeness (QED) is 0.734. The molecule has 1 fully saturated rings. The van der Waals surface area contributed by atoms with Crippen LogP contribution in [0.25, 0.3) is 0 Å². The van der Waals surface area contributed by atoms with Crippen molar-refractivity contribution in [2.24, 2.45) is 5.41 Å². The predicted octanol–water partition coefficient (Wildman–Crippen LogP) is 2.90. The topological polar surface area (TPSA) is 24.5 Å². The molecule has 0 radical (unpaired) electrons. The summed E-state index contributed by atoms with van der Waals surface area (Å²) in [7, 11) is 1.85. The molecule has 1 saturated heterocycles. The maximum absolute atomic E-state index is 5.54. The number of rotatable bonds is 8. The third kappa shape index (κ3) is 5.41. The van der Waals surface area contributed by atoms with Crippen LogP contribution in [0.2, 0.25) is 0 Å². The second kappa shape index (κ2) is 8.23. The van der Waals surface area contributed by atoms with Crippen LogP contribution in [0.3, 0.4) is 0 Å². The fourth-order valence-electron chi connectivity index (χ4n) is 3.02. The van der Waals surface area contributed by atoms with Gasteiger partial charge in [0.15, 0.2) is 0 Å². The zero-order valence-corrected chi connectivity index (χ0v) is 13.7. The van der Waals surface area contributed by atoms with Gasteiger partial charge in [-0.3, -0.25) is 0 Å². The van der Waals surface area contributed by atoms with Crippen molar-refractivity contribution in [1.82, 2.24) is 10.2 Å². The van der Waals surface area contributed by atoms with Gasteiger partial charge in [-0.05, 0) is 37.6 Å².